The summed E-state index contributed by atoms with van der Waals surface area (Å²) in [7, 11) is 0. The van der Waals surface area contributed by atoms with Crippen LogP contribution in [0.5, 0.6) is 5.75 Å². The van der Waals surface area contributed by atoms with Crippen molar-refractivity contribution in [1.82, 2.24) is 14.7 Å². The van der Waals surface area contributed by atoms with Gasteiger partial charge in [-0.25, -0.2) is 0 Å². The first-order chi connectivity index (χ1) is 18.9. The molecule has 2 aromatic rings. The van der Waals surface area contributed by atoms with Gasteiger partial charge >= 0.3 is 0 Å². The number of primary amides is 1. The minimum absolute atomic E-state index is 0.00147. The van der Waals surface area contributed by atoms with Gasteiger partial charge < -0.3 is 25.6 Å². The summed E-state index contributed by atoms with van der Waals surface area (Å²) >= 11 is 5.77. The molecule has 0 aromatic heterocycles. The molecule has 9 nitrogen and oxygen atoms in total. The van der Waals surface area contributed by atoms with E-state index in [0.717, 1.165) is 50.2 Å². The molecule has 3 N–H and O–H groups in total. The van der Waals surface area contributed by atoms with Gasteiger partial charge in [-0.15, -0.1) is 0 Å². The summed E-state index contributed by atoms with van der Waals surface area (Å²) in [6, 6.07) is 16.2. The van der Waals surface area contributed by atoms with E-state index in [2.05, 4.69) is 10.2 Å². The SMILES string of the molecule is CCOc1ccc(NC(=O)C[C@H]2C(=O)N(Cc3ccccc3)C(=S)N2CCCN2CCC(C(N)=O)CC2)cc1. The number of amides is 3. The zero-order valence-electron chi connectivity index (χ0n) is 22.4. The number of piperidine rings is 1. The molecule has 4 rings (SSSR count). The zero-order valence-corrected chi connectivity index (χ0v) is 23.2. The summed E-state index contributed by atoms with van der Waals surface area (Å²) in [6.07, 6.45) is 2.33. The van der Waals surface area contributed by atoms with Gasteiger partial charge in [-0.2, -0.15) is 0 Å². The number of anilines is 1. The Morgan fingerprint density at radius 2 is 1.74 bits per heavy atom. The topological polar surface area (TPSA) is 108 Å². The highest BCUT2D eigenvalue weighted by Gasteiger charge is 2.43. The highest BCUT2D eigenvalue weighted by molar-refractivity contribution is 7.80. The van der Waals surface area contributed by atoms with Gasteiger partial charge in [-0.1, -0.05) is 30.3 Å². The van der Waals surface area contributed by atoms with Crippen LogP contribution in [0.3, 0.4) is 0 Å². The van der Waals surface area contributed by atoms with E-state index in [-0.39, 0.29) is 30.1 Å². The summed E-state index contributed by atoms with van der Waals surface area (Å²) in [5.74, 6) is 0.0528. The Labute approximate surface area is 235 Å². The maximum Gasteiger partial charge on any atom is 0.252 e. The van der Waals surface area contributed by atoms with E-state index in [0.29, 0.717) is 30.5 Å². The first-order valence-corrected chi connectivity index (χ1v) is 14.0. The summed E-state index contributed by atoms with van der Waals surface area (Å²) in [4.78, 5) is 43.9. The van der Waals surface area contributed by atoms with Gasteiger partial charge in [0.25, 0.3) is 5.91 Å². The molecule has 0 spiro atoms. The van der Waals surface area contributed by atoms with Crippen molar-refractivity contribution in [3.05, 3.63) is 60.2 Å². The number of hydrogen-bond acceptors (Lipinski definition) is 6. The van der Waals surface area contributed by atoms with Crippen LogP contribution in [0.25, 0.3) is 0 Å². The van der Waals surface area contributed by atoms with Crippen molar-refractivity contribution in [2.24, 2.45) is 11.7 Å². The molecular formula is C29H37N5O4S. The van der Waals surface area contributed by atoms with Crippen LogP contribution >= 0.6 is 12.2 Å². The minimum atomic E-state index is -0.662. The largest absolute Gasteiger partial charge is 0.494 e. The Balaban J connectivity index is 1.39. The molecule has 2 saturated heterocycles. The lowest BCUT2D eigenvalue weighted by Gasteiger charge is -2.31. The van der Waals surface area contributed by atoms with Crippen LogP contribution < -0.4 is 15.8 Å². The molecule has 2 aliphatic rings. The molecule has 3 amide bonds. The maximum atomic E-state index is 13.5. The number of ether oxygens (including phenoxy) is 1. The smallest absolute Gasteiger partial charge is 0.252 e. The standard InChI is InChI=1S/C29H37N5O4S/c1-2-38-24-11-9-23(10-12-24)31-26(35)19-25-28(37)34(20-21-7-4-3-5-8-21)29(39)33(25)16-6-15-32-17-13-22(14-18-32)27(30)36/h3-5,7-12,22,25H,2,6,13-20H2,1H3,(H2,30,36)(H,31,35)/t25-/m0/s1. The van der Waals surface area contributed by atoms with Gasteiger partial charge in [-0.05, 0) is 87.9 Å². The highest BCUT2D eigenvalue weighted by atomic mass is 32.1. The van der Waals surface area contributed by atoms with Gasteiger partial charge in [0, 0.05) is 18.2 Å². The average molecular weight is 552 g/mol. The third kappa shape index (κ3) is 7.54. The molecule has 2 aromatic carbocycles. The van der Waals surface area contributed by atoms with E-state index in [1.165, 1.54) is 0 Å². The van der Waals surface area contributed by atoms with Crippen molar-refractivity contribution in [2.75, 3.05) is 38.1 Å². The summed E-state index contributed by atoms with van der Waals surface area (Å²) in [6.45, 7) is 5.88. The number of rotatable bonds is 12. The van der Waals surface area contributed by atoms with E-state index in [4.69, 9.17) is 22.7 Å². The van der Waals surface area contributed by atoms with Crippen LogP contribution in [0, 0.1) is 5.92 Å². The fourth-order valence-corrected chi connectivity index (χ4v) is 5.52. The van der Waals surface area contributed by atoms with Gasteiger partial charge in [0.05, 0.1) is 19.6 Å². The number of hydrogen-bond donors (Lipinski definition) is 2. The van der Waals surface area contributed by atoms with E-state index >= 15 is 0 Å². The van der Waals surface area contributed by atoms with Gasteiger partial charge in [0.2, 0.25) is 11.8 Å². The van der Waals surface area contributed by atoms with Crippen LogP contribution in [0.15, 0.2) is 54.6 Å². The molecular weight excluding hydrogens is 514 g/mol. The lowest BCUT2D eigenvalue weighted by atomic mass is 9.96. The van der Waals surface area contributed by atoms with Crippen LogP contribution in [0.1, 0.15) is 38.2 Å². The Bertz CT molecular complexity index is 1150. The van der Waals surface area contributed by atoms with Crippen molar-refractivity contribution in [3.8, 4) is 5.75 Å². The van der Waals surface area contributed by atoms with Gasteiger partial charge in [-0.3, -0.25) is 19.3 Å². The second kappa shape index (κ2) is 13.5. The maximum absolute atomic E-state index is 13.5. The van der Waals surface area contributed by atoms with Crippen LogP contribution in [-0.4, -0.2) is 76.4 Å². The van der Waals surface area contributed by atoms with Crippen molar-refractivity contribution in [2.45, 2.75) is 45.2 Å². The Morgan fingerprint density at radius 1 is 1.05 bits per heavy atom. The lowest BCUT2D eigenvalue weighted by Crippen LogP contribution is -2.41. The van der Waals surface area contributed by atoms with E-state index in [9.17, 15) is 14.4 Å². The molecule has 0 radical (unpaired) electrons. The average Bonchev–Trinajstić information content (AvgIpc) is 3.14. The molecule has 0 saturated carbocycles. The van der Waals surface area contributed by atoms with Gasteiger partial charge in [0.15, 0.2) is 5.11 Å². The van der Waals surface area contributed by atoms with Crippen molar-refractivity contribution >= 4 is 40.7 Å². The molecule has 39 heavy (non-hydrogen) atoms. The molecule has 2 aliphatic heterocycles. The van der Waals surface area contributed by atoms with E-state index < -0.39 is 6.04 Å². The number of nitrogens with zero attached hydrogens (tertiary/aromatic N) is 3. The summed E-state index contributed by atoms with van der Waals surface area (Å²) < 4.78 is 5.46. The number of thiocarbonyl (C=S) groups is 1. The predicted octanol–water partition coefficient (Wildman–Crippen LogP) is 3.00. The first kappa shape index (κ1) is 28.5. The highest BCUT2D eigenvalue weighted by Crippen LogP contribution is 2.25. The summed E-state index contributed by atoms with van der Waals surface area (Å²) in [5, 5.41) is 3.35. The quantitative estimate of drug-likeness (QED) is 0.391. The molecule has 2 heterocycles. The number of nitrogens with one attached hydrogen (secondary N) is 1. The third-order valence-electron chi connectivity index (χ3n) is 7.28. The zero-order chi connectivity index (χ0) is 27.8. The number of carbonyl (C=O) groups is 3. The van der Waals surface area contributed by atoms with E-state index in [1.807, 2.05) is 42.2 Å². The number of nitrogens with two attached hydrogens (primary N) is 1. The van der Waals surface area contributed by atoms with Gasteiger partial charge in [0.1, 0.15) is 11.8 Å². The molecule has 0 aliphatic carbocycles. The molecule has 10 heteroatoms. The third-order valence-corrected chi connectivity index (χ3v) is 7.73. The van der Waals surface area contributed by atoms with Crippen molar-refractivity contribution < 1.29 is 19.1 Å². The second-order valence-corrected chi connectivity index (χ2v) is 10.3. The fraction of sp³-hybridized carbons (Fsp3) is 0.448. The number of benzene rings is 2. The Morgan fingerprint density at radius 3 is 2.38 bits per heavy atom. The number of carbonyl (C=O) groups excluding carboxylic acids is 3. The molecule has 2 fully saturated rings. The fourth-order valence-electron chi connectivity index (χ4n) is 5.15. The summed E-state index contributed by atoms with van der Waals surface area (Å²) in [5.41, 5.74) is 7.08. The molecule has 208 valence electrons. The predicted molar refractivity (Wildman–Crippen MR) is 154 cm³/mol. The van der Waals surface area contributed by atoms with Crippen molar-refractivity contribution in [3.63, 3.8) is 0 Å². The minimum Gasteiger partial charge on any atom is -0.494 e. The molecule has 0 unspecified atom stereocenters. The monoisotopic (exact) mass is 551 g/mol. The molecule has 1 atom stereocenters. The lowest BCUT2D eigenvalue weighted by molar-refractivity contribution is -0.131. The van der Waals surface area contributed by atoms with Crippen LogP contribution in [-0.2, 0) is 20.9 Å². The van der Waals surface area contributed by atoms with Crippen LogP contribution in [0.2, 0.25) is 0 Å². The van der Waals surface area contributed by atoms with Crippen molar-refractivity contribution in [1.29, 1.82) is 0 Å². The normalized spacial score (nSPS) is 18.4. The van der Waals surface area contributed by atoms with Crippen LogP contribution in [0.4, 0.5) is 5.69 Å². The Hall–Kier alpha value is -3.50. The second-order valence-electron chi connectivity index (χ2n) is 9.98. The number of likely N-dealkylation sites (tertiary alicyclic amines) is 1. The first-order valence-electron chi connectivity index (χ1n) is 13.6. The van der Waals surface area contributed by atoms with E-state index in [1.54, 1.807) is 29.2 Å². The molecule has 0 bridgehead atoms. The Kier molecular flexibility index (Phi) is 9.89.